The smallest absolute Gasteiger partial charge is 0.352 e. The summed E-state index contributed by atoms with van der Waals surface area (Å²) in [6.45, 7) is 0. The first-order valence-corrected chi connectivity index (χ1v) is 6.37. The van der Waals surface area contributed by atoms with Gasteiger partial charge in [-0.3, -0.25) is 9.52 Å². The SMILES string of the molecule is O=C(O)c1cc(S(=O)(=O)Nc2ccc(=O)[nH]n2)c[nH]1. The molecular weight excluding hydrogens is 276 g/mol. The number of nitrogens with one attached hydrogen (secondary N) is 3. The Morgan fingerprint density at radius 1 is 1.37 bits per heavy atom. The molecule has 0 aromatic carbocycles. The normalized spacial score (nSPS) is 11.2. The van der Waals surface area contributed by atoms with E-state index in [1.165, 1.54) is 6.07 Å². The van der Waals surface area contributed by atoms with Gasteiger partial charge in [0.1, 0.15) is 10.6 Å². The fourth-order valence-electron chi connectivity index (χ4n) is 1.25. The molecule has 0 spiro atoms. The molecule has 0 radical (unpaired) electrons. The van der Waals surface area contributed by atoms with Crippen molar-refractivity contribution in [3.05, 3.63) is 40.4 Å². The Morgan fingerprint density at radius 2 is 2.11 bits per heavy atom. The standard InChI is InChI=1S/C9H8N4O5S/c14-8-2-1-7(11-12-8)13-19(17,18)5-3-6(9(15)16)10-4-5/h1-4,10H,(H,11,13)(H,12,14)(H,15,16). The van der Waals surface area contributed by atoms with Gasteiger partial charge in [-0.05, 0) is 12.1 Å². The van der Waals surface area contributed by atoms with Gasteiger partial charge in [0.15, 0.2) is 5.82 Å². The summed E-state index contributed by atoms with van der Waals surface area (Å²) in [4.78, 5) is 23.5. The summed E-state index contributed by atoms with van der Waals surface area (Å²) in [5.41, 5.74) is -0.729. The summed E-state index contributed by atoms with van der Waals surface area (Å²) in [6.07, 6.45) is 1.04. The number of hydrogen-bond donors (Lipinski definition) is 4. The second kappa shape index (κ2) is 4.57. The number of sulfonamides is 1. The summed E-state index contributed by atoms with van der Waals surface area (Å²) in [5.74, 6) is -1.36. The summed E-state index contributed by atoms with van der Waals surface area (Å²) in [6, 6.07) is 3.25. The maximum atomic E-state index is 11.9. The van der Waals surface area contributed by atoms with Gasteiger partial charge in [-0.2, -0.15) is 5.10 Å². The number of aromatic carboxylic acids is 1. The quantitative estimate of drug-likeness (QED) is 0.601. The molecule has 0 saturated heterocycles. The van der Waals surface area contributed by atoms with Gasteiger partial charge in [0, 0.05) is 12.3 Å². The zero-order valence-electron chi connectivity index (χ0n) is 9.25. The Bertz CT molecular complexity index is 755. The molecule has 4 N–H and O–H groups in total. The molecule has 2 aromatic heterocycles. The van der Waals surface area contributed by atoms with E-state index in [0.29, 0.717) is 0 Å². The van der Waals surface area contributed by atoms with Crippen molar-refractivity contribution in [2.24, 2.45) is 0 Å². The number of carboxylic acid groups (broad SMARTS) is 1. The number of nitrogens with zero attached hydrogens (tertiary/aromatic N) is 1. The van der Waals surface area contributed by atoms with E-state index in [-0.39, 0.29) is 16.4 Å². The molecule has 19 heavy (non-hydrogen) atoms. The van der Waals surface area contributed by atoms with Crippen molar-refractivity contribution in [1.82, 2.24) is 15.2 Å². The van der Waals surface area contributed by atoms with E-state index in [9.17, 15) is 18.0 Å². The number of rotatable bonds is 4. The fourth-order valence-corrected chi connectivity index (χ4v) is 2.24. The van der Waals surface area contributed by atoms with Gasteiger partial charge in [-0.15, -0.1) is 0 Å². The highest BCUT2D eigenvalue weighted by Gasteiger charge is 2.18. The lowest BCUT2D eigenvalue weighted by atomic mass is 10.4. The lowest BCUT2D eigenvalue weighted by molar-refractivity contribution is 0.0691. The summed E-state index contributed by atoms with van der Waals surface area (Å²) in [7, 11) is -3.97. The van der Waals surface area contributed by atoms with E-state index in [0.717, 1.165) is 18.3 Å². The molecule has 0 saturated carbocycles. The molecule has 0 unspecified atom stereocenters. The summed E-state index contributed by atoms with van der Waals surface area (Å²) in [5, 5.41) is 14.2. The lowest BCUT2D eigenvalue weighted by Crippen LogP contribution is -2.15. The van der Waals surface area contributed by atoms with Gasteiger partial charge in [0.2, 0.25) is 0 Å². The topological polar surface area (TPSA) is 145 Å². The van der Waals surface area contributed by atoms with Crippen molar-refractivity contribution < 1.29 is 18.3 Å². The van der Waals surface area contributed by atoms with Crippen LogP contribution in [0.3, 0.4) is 0 Å². The first-order valence-electron chi connectivity index (χ1n) is 4.89. The van der Waals surface area contributed by atoms with Gasteiger partial charge >= 0.3 is 5.97 Å². The molecule has 2 heterocycles. The van der Waals surface area contributed by atoms with Crippen LogP contribution in [0, 0.1) is 0 Å². The van der Waals surface area contributed by atoms with E-state index in [1.54, 1.807) is 0 Å². The molecule has 0 aliphatic carbocycles. The van der Waals surface area contributed by atoms with Crippen LogP contribution >= 0.6 is 0 Å². The number of carboxylic acids is 1. The predicted octanol–water partition coefficient (Wildman–Crippen LogP) is -0.403. The van der Waals surface area contributed by atoms with E-state index < -0.39 is 21.6 Å². The highest BCUT2D eigenvalue weighted by molar-refractivity contribution is 7.92. The maximum Gasteiger partial charge on any atom is 0.352 e. The van der Waals surface area contributed by atoms with Crippen LogP contribution in [-0.4, -0.2) is 34.7 Å². The number of carbonyl (C=O) groups is 1. The van der Waals surface area contributed by atoms with Crippen LogP contribution in [0.1, 0.15) is 10.5 Å². The molecule has 0 amide bonds. The highest BCUT2D eigenvalue weighted by Crippen LogP contribution is 2.14. The van der Waals surface area contributed by atoms with Gasteiger partial charge in [-0.1, -0.05) is 0 Å². The Morgan fingerprint density at radius 3 is 2.63 bits per heavy atom. The molecule has 0 aliphatic rings. The minimum absolute atomic E-state index is 0.0855. The van der Waals surface area contributed by atoms with Crippen LogP contribution in [0.4, 0.5) is 5.82 Å². The number of aromatic nitrogens is 3. The monoisotopic (exact) mass is 284 g/mol. The molecule has 100 valence electrons. The average Bonchev–Trinajstić information content (AvgIpc) is 2.82. The van der Waals surface area contributed by atoms with Gasteiger partial charge in [-0.25, -0.2) is 18.3 Å². The van der Waals surface area contributed by atoms with E-state index >= 15 is 0 Å². The first kappa shape index (κ1) is 12.8. The van der Waals surface area contributed by atoms with Gasteiger partial charge in [0.05, 0.1) is 0 Å². The molecule has 0 atom stereocenters. The zero-order valence-corrected chi connectivity index (χ0v) is 10.1. The second-order valence-electron chi connectivity index (χ2n) is 3.47. The van der Waals surface area contributed by atoms with Gasteiger partial charge in [0.25, 0.3) is 15.6 Å². The van der Waals surface area contributed by atoms with Crippen molar-refractivity contribution in [3.63, 3.8) is 0 Å². The van der Waals surface area contributed by atoms with Crippen LogP contribution in [-0.2, 0) is 10.0 Å². The molecule has 9 nitrogen and oxygen atoms in total. The van der Waals surface area contributed by atoms with Crippen LogP contribution in [0.15, 0.2) is 34.1 Å². The van der Waals surface area contributed by atoms with Crippen LogP contribution in [0.2, 0.25) is 0 Å². The van der Waals surface area contributed by atoms with Crippen molar-refractivity contribution >= 4 is 21.8 Å². The molecule has 2 aromatic rings. The third kappa shape index (κ3) is 2.80. The minimum atomic E-state index is -3.97. The van der Waals surface area contributed by atoms with Crippen molar-refractivity contribution in [3.8, 4) is 0 Å². The van der Waals surface area contributed by atoms with Crippen molar-refractivity contribution in [1.29, 1.82) is 0 Å². The zero-order chi connectivity index (χ0) is 14.0. The maximum absolute atomic E-state index is 11.9. The van der Waals surface area contributed by atoms with Crippen LogP contribution < -0.4 is 10.3 Å². The molecule has 10 heteroatoms. The van der Waals surface area contributed by atoms with Crippen molar-refractivity contribution in [2.75, 3.05) is 4.72 Å². The number of aromatic amines is 2. The lowest BCUT2D eigenvalue weighted by Gasteiger charge is -2.03. The number of hydrogen-bond acceptors (Lipinski definition) is 5. The van der Waals surface area contributed by atoms with Crippen molar-refractivity contribution in [2.45, 2.75) is 4.90 Å². The third-order valence-electron chi connectivity index (χ3n) is 2.12. The molecular formula is C9H8N4O5S. The molecule has 0 fully saturated rings. The fraction of sp³-hybridized carbons (Fsp3) is 0. The minimum Gasteiger partial charge on any atom is -0.477 e. The molecule has 2 rings (SSSR count). The Hall–Kier alpha value is -2.62. The number of anilines is 1. The Balaban J connectivity index is 2.29. The predicted molar refractivity (Wildman–Crippen MR) is 63.4 cm³/mol. The Labute approximate surface area is 106 Å². The van der Waals surface area contributed by atoms with E-state index in [4.69, 9.17) is 5.11 Å². The highest BCUT2D eigenvalue weighted by atomic mass is 32.2. The van der Waals surface area contributed by atoms with Crippen LogP contribution in [0.5, 0.6) is 0 Å². The van der Waals surface area contributed by atoms with Crippen LogP contribution in [0.25, 0.3) is 0 Å². The van der Waals surface area contributed by atoms with E-state index in [1.807, 2.05) is 0 Å². The van der Waals surface area contributed by atoms with Gasteiger partial charge < -0.3 is 10.1 Å². The number of H-pyrrole nitrogens is 2. The third-order valence-corrected chi connectivity index (χ3v) is 3.45. The largest absolute Gasteiger partial charge is 0.477 e. The summed E-state index contributed by atoms with van der Waals surface area (Å²) < 4.78 is 25.8. The Kier molecular flexibility index (Phi) is 3.09. The molecule has 0 bridgehead atoms. The molecule has 0 aliphatic heterocycles. The second-order valence-corrected chi connectivity index (χ2v) is 5.15. The summed E-state index contributed by atoms with van der Waals surface area (Å²) >= 11 is 0. The average molecular weight is 284 g/mol. The van der Waals surface area contributed by atoms with E-state index in [2.05, 4.69) is 19.9 Å². The first-order chi connectivity index (χ1) is 8.88.